The van der Waals surface area contributed by atoms with Gasteiger partial charge in [-0.1, -0.05) is 269 Å². The molecule has 0 aromatic heterocycles. The van der Waals surface area contributed by atoms with Crippen LogP contribution in [-0.4, -0.2) is 99.6 Å². The van der Waals surface area contributed by atoms with E-state index in [9.17, 15) is 35.1 Å². The smallest absolute Gasteiger partial charge is 0.306 e. The lowest BCUT2D eigenvalue weighted by Crippen LogP contribution is -2.61. The highest BCUT2D eigenvalue weighted by atomic mass is 16.7. The van der Waals surface area contributed by atoms with Crippen LogP contribution in [0.5, 0.6) is 0 Å². The summed E-state index contributed by atoms with van der Waals surface area (Å²) in [6.45, 7) is 5.54. The first kappa shape index (κ1) is 79.6. The van der Waals surface area contributed by atoms with E-state index in [1.165, 1.54) is 44.9 Å². The van der Waals surface area contributed by atoms with Crippen molar-refractivity contribution in [2.24, 2.45) is 0 Å². The molecule has 488 valence electrons. The third-order valence-electron chi connectivity index (χ3n) is 15.0. The van der Waals surface area contributed by atoms with Gasteiger partial charge in [0.15, 0.2) is 12.4 Å². The lowest BCUT2D eigenvalue weighted by molar-refractivity contribution is -0.305. The minimum Gasteiger partial charge on any atom is -0.454 e. The molecule has 0 bridgehead atoms. The van der Waals surface area contributed by atoms with Gasteiger partial charge in [-0.05, 0) is 122 Å². The van der Waals surface area contributed by atoms with Crippen LogP contribution in [0.3, 0.4) is 0 Å². The van der Waals surface area contributed by atoms with Crippen LogP contribution in [-0.2, 0) is 23.8 Å². The second-order valence-corrected chi connectivity index (χ2v) is 22.8. The summed E-state index contributed by atoms with van der Waals surface area (Å²) in [5.74, 6) is -1.24. The van der Waals surface area contributed by atoms with Gasteiger partial charge in [0, 0.05) is 6.42 Å². The van der Waals surface area contributed by atoms with Gasteiger partial charge >= 0.3 is 5.97 Å². The molecule has 1 saturated heterocycles. The minimum absolute atomic E-state index is 0.0910. The summed E-state index contributed by atoms with van der Waals surface area (Å²) < 4.78 is 17.6. The fourth-order valence-corrected chi connectivity index (χ4v) is 9.68. The predicted molar refractivity (Wildman–Crippen MR) is 360 cm³/mol. The van der Waals surface area contributed by atoms with Crippen molar-refractivity contribution in [3.8, 4) is 0 Å². The largest absolute Gasteiger partial charge is 0.454 e. The number of aliphatic hydroxyl groups is 5. The number of carbonyl (C=O) groups excluding carboxylic acids is 2. The van der Waals surface area contributed by atoms with Gasteiger partial charge in [0.25, 0.3) is 0 Å². The zero-order chi connectivity index (χ0) is 62.4. The molecule has 0 aromatic rings. The number of hydrogen-bond donors (Lipinski definition) is 6. The Morgan fingerprint density at radius 2 is 0.837 bits per heavy atom. The topological polar surface area (TPSA) is 175 Å². The van der Waals surface area contributed by atoms with E-state index in [0.29, 0.717) is 12.8 Å². The van der Waals surface area contributed by atoms with E-state index < -0.39 is 67.4 Å². The number of amides is 1. The van der Waals surface area contributed by atoms with Crippen LogP contribution in [0.4, 0.5) is 0 Å². The van der Waals surface area contributed by atoms with Gasteiger partial charge < -0.3 is 45.1 Å². The molecule has 0 saturated carbocycles. The van der Waals surface area contributed by atoms with Crippen molar-refractivity contribution in [2.75, 3.05) is 13.2 Å². The summed E-state index contributed by atoms with van der Waals surface area (Å²) >= 11 is 0. The van der Waals surface area contributed by atoms with E-state index in [4.69, 9.17) is 14.2 Å². The Morgan fingerprint density at radius 3 is 1.26 bits per heavy atom. The number of aliphatic hydroxyl groups excluding tert-OH is 5. The van der Waals surface area contributed by atoms with Crippen molar-refractivity contribution in [1.29, 1.82) is 0 Å². The molecule has 1 aliphatic rings. The van der Waals surface area contributed by atoms with Gasteiger partial charge in [0.2, 0.25) is 5.91 Å². The van der Waals surface area contributed by atoms with Crippen molar-refractivity contribution >= 4 is 11.9 Å². The molecule has 0 aromatic carbocycles. The Labute approximate surface area is 524 Å². The molecule has 1 amide bonds. The first-order chi connectivity index (χ1) is 42.2. The third-order valence-corrected chi connectivity index (χ3v) is 15.0. The maximum Gasteiger partial charge on any atom is 0.306 e. The van der Waals surface area contributed by atoms with Crippen molar-refractivity contribution in [2.45, 2.75) is 301 Å². The van der Waals surface area contributed by atoms with Crippen molar-refractivity contribution < 1.29 is 49.3 Å². The summed E-state index contributed by atoms with van der Waals surface area (Å²) in [5, 5.41) is 57.2. The predicted octanol–water partition coefficient (Wildman–Crippen LogP) is 17.3. The molecule has 0 radical (unpaired) electrons. The molecule has 0 aliphatic carbocycles. The van der Waals surface area contributed by atoms with Crippen molar-refractivity contribution in [3.63, 3.8) is 0 Å². The van der Waals surface area contributed by atoms with Gasteiger partial charge in [-0.15, -0.1) is 0 Å². The van der Waals surface area contributed by atoms with Crippen LogP contribution in [0.25, 0.3) is 0 Å². The van der Waals surface area contributed by atoms with E-state index in [2.05, 4.69) is 160 Å². The summed E-state index contributed by atoms with van der Waals surface area (Å²) in [6.07, 6.45) is 77.3. The number of rotatable bonds is 56. The normalized spacial score (nSPS) is 19.3. The maximum absolute atomic E-state index is 13.5. The maximum atomic E-state index is 13.5. The zero-order valence-corrected chi connectivity index (χ0v) is 54.1. The van der Waals surface area contributed by atoms with Gasteiger partial charge in [-0.25, -0.2) is 0 Å². The molecule has 1 rings (SSSR count). The van der Waals surface area contributed by atoms with Gasteiger partial charge in [-0.3, -0.25) is 9.59 Å². The summed E-state index contributed by atoms with van der Waals surface area (Å²) in [7, 11) is 0. The highest BCUT2D eigenvalue weighted by Crippen LogP contribution is 2.26. The Balaban J connectivity index is 2.65. The Hall–Kier alpha value is -4.46. The molecular weight excluding hydrogens is 1070 g/mol. The summed E-state index contributed by atoms with van der Waals surface area (Å²) in [4.78, 5) is 26.7. The van der Waals surface area contributed by atoms with Crippen molar-refractivity contribution in [1.82, 2.24) is 5.32 Å². The van der Waals surface area contributed by atoms with E-state index >= 15 is 0 Å². The first-order valence-corrected chi connectivity index (χ1v) is 34.1. The number of allylic oxidation sites excluding steroid dienone is 23. The van der Waals surface area contributed by atoms with Gasteiger partial charge in [0.1, 0.15) is 24.4 Å². The van der Waals surface area contributed by atoms with Crippen LogP contribution < -0.4 is 5.32 Å². The van der Waals surface area contributed by atoms with E-state index in [0.717, 1.165) is 161 Å². The molecule has 6 N–H and O–H groups in total. The second kappa shape index (κ2) is 60.8. The van der Waals surface area contributed by atoms with Crippen molar-refractivity contribution in [3.05, 3.63) is 146 Å². The number of hydrogen-bond acceptors (Lipinski definition) is 10. The standard InChI is InChI=1S/C75H123NO10/c1-4-7-10-13-16-19-22-25-27-29-31-33-34-35-37-38-40-42-44-47-50-53-56-59-62-68(79)74(83)76-66(67(78)61-58-55-52-49-46-24-21-18-15-12-9-6-3)65-84-75-73(72(82)71(81)69(64-77)85-75)86-70(80)63-60-57-54-51-48-45-43-41-39-36-32-30-28-26-23-20-17-14-11-8-5-2/h7-8,10-11,16-17,19-20,25-28,31-33,35-37,40-43,58,61,66-69,71-73,75,77-79,81-82H,4-6,9,12-15,18,21-24,29-30,34,38-39,44-57,59-60,62-65H2,1-3H3,(H,76,83)/b10-7-,11-8-,19-16-,20-17-,27-25-,28-26-,33-31-,36-32-,37-35-,42-40-,43-41-,61-58+. The Kier molecular flexibility index (Phi) is 56.2. The molecule has 1 heterocycles. The molecule has 8 unspecified atom stereocenters. The summed E-state index contributed by atoms with van der Waals surface area (Å²) in [6, 6.07) is -1.05. The second-order valence-electron chi connectivity index (χ2n) is 22.8. The zero-order valence-electron chi connectivity index (χ0n) is 54.1. The number of ether oxygens (including phenoxy) is 3. The monoisotopic (exact) mass is 1200 g/mol. The van der Waals surface area contributed by atoms with Gasteiger partial charge in [-0.2, -0.15) is 0 Å². The molecule has 11 heteroatoms. The first-order valence-electron chi connectivity index (χ1n) is 34.1. The number of nitrogens with one attached hydrogen (secondary N) is 1. The highest BCUT2D eigenvalue weighted by Gasteiger charge is 2.47. The average molecular weight is 1200 g/mol. The fourth-order valence-electron chi connectivity index (χ4n) is 9.68. The molecule has 11 nitrogen and oxygen atoms in total. The lowest BCUT2D eigenvalue weighted by atomic mass is 9.99. The molecule has 1 aliphatic heterocycles. The van der Waals surface area contributed by atoms with Crippen LogP contribution in [0.1, 0.15) is 252 Å². The summed E-state index contributed by atoms with van der Waals surface area (Å²) in [5.41, 5.74) is 0. The van der Waals surface area contributed by atoms with Gasteiger partial charge in [0.05, 0.1) is 25.4 Å². The molecular formula is C75H123NO10. The third kappa shape index (κ3) is 47.6. The number of esters is 1. The van der Waals surface area contributed by atoms with Crippen LogP contribution in [0, 0.1) is 0 Å². The average Bonchev–Trinajstić information content (AvgIpc) is 3.68. The SMILES string of the molecule is CC/C=C\C/C=C\C/C=C\C/C=C\C/C=C\C/C=C\CCCCCCCC(O)C(=O)NC(COC1OC(CO)C(O)C(O)C1OC(=O)CCCCCCC/C=C\C/C=C\C/C=C\C/C=C\C/C=C\CC)C(O)/C=C/CCCCCCCCCCCC. The molecule has 8 atom stereocenters. The van der Waals surface area contributed by atoms with Crippen LogP contribution in [0.2, 0.25) is 0 Å². The quantitative estimate of drug-likeness (QED) is 0.0195. The van der Waals surface area contributed by atoms with E-state index in [1.54, 1.807) is 6.08 Å². The molecule has 1 fully saturated rings. The Bertz CT molecular complexity index is 1960. The minimum atomic E-state index is -1.64. The Morgan fingerprint density at radius 1 is 0.465 bits per heavy atom. The van der Waals surface area contributed by atoms with Crippen LogP contribution in [0.15, 0.2) is 146 Å². The van der Waals surface area contributed by atoms with E-state index in [1.807, 2.05) is 6.08 Å². The van der Waals surface area contributed by atoms with E-state index in [-0.39, 0.29) is 19.4 Å². The van der Waals surface area contributed by atoms with Crippen LogP contribution >= 0.6 is 0 Å². The molecule has 0 spiro atoms. The highest BCUT2D eigenvalue weighted by molar-refractivity contribution is 5.80. The number of carbonyl (C=O) groups is 2. The lowest BCUT2D eigenvalue weighted by Gasteiger charge is -2.41. The fraction of sp³-hybridized carbons (Fsp3) is 0.653. The molecule has 86 heavy (non-hydrogen) atoms. The number of unbranched alkanes of at least 4 members (excludes halogenated alkanes) is 20.